The average molecular weight is 215 g/mol. The van der Waals surface area contributed by atoms with Crippen LogP contribution in [0, 0.1) is 6.92 Å². The van der Waals surface area contributed by atoms with Crippen molar-refractivity contribution >= 4 is 5.52 Å². The lowest BCUT2D eigenvalue weighted by Crippen LogP contribution is -2.05. The lowest BCUT2D eigenvalue weighted by atomic mass is 10.3. The van der Waals surface area contributed by atoms with Crippen molar-refractivity contribution in [2.24, 2.45) is 0 Å². The maximum absolute atomic E-state index is 4.80. The molecular weight excluding hydrogens is 198 g/mol. The van der Waals surface area contributed by atoms with Crippen LogP contribution in [-0.2, 0) is 6.54 Å². The van der Waals surface area contributed by atoms with Gasteiger partial charge >= 0.3 is 0 Å². The number of fused-ring (bicyclic) bond motifs is 1. The van der Waals surface area contributed by atoms with Crippen LogP contribution in [0.5, 0.6) is 0 Å². The molecular formula is C13H17N3. The van der Waals surface area contributed by atoms with Gasteiger partial charge in [0.1, 0.15) is 5.82 Å². The zero-order chi connectivity index (χ0) is 11.1. The SMILES string of the molecule is CNCc1nc(C2CC2)n2c(C)cccc12. The van der Waals surface area contributed by atoms with Gasteiger partial charge in [-0.3, -0.25) is 0 Å². The minimum atomic E-state index is 0.694. The molecule has 0 spiro atoms. The predicted octanol–water partition coefficient (Wildman–Crippen LogP) is 2.24. The molecule has 1 aliphatic rings. The molecule has 3 nitrogen and oxygen atoms in total. The summed E-state index contributed by atoms with van der Waals surface area (Å²) in [6, 6.07) is 6.43. The lowest BCUT2D eigenvalue weighted by molar-refractivity contribution is 0.794. The molecule has 2 aromatic rings. The number of rotatable bonds is 3. The molecule has 3 rings (SSSR count). The molecule has 0 radical (unpaired) electrons. The third-order valence-electron chi connectivity index (χ3n) is 3.25. The van der Waals surface area contributed by atoms with E-state index in [4.69, 9.17) is 4.98 Å². The standard InChI is InChI=1S/C13H17N3/c1-9-4-3-5-12-11(8-14-2)15-13(16(9)12)10-6-7-10/h3-5,10,14H,6-8H2,1-2H3. The second-order valence-electron chi connectivity index (χ2n) is 4.61. The highest BCUT2D eigenvalue weighted by Crippen LogP contribution is 2.40. The Bertz CT molecular complexity index is 523. The fourth-order valence-electron chi connectivity index (χ4n) is 2.31. The molecule has 0 aliphatic heterocycles. The van der Waals surface area contributed by atoms with E-state index in [9.17, 15) is 0 Å². The maximum Gasteiger partial charge on any atom is 0.116 e. The van der Waals surface area contributed by atoms with Gasteiger partial charge in [0.15, 0.2) is 0 Å². The maximum atomic E-state index is 4.80. The van der Waals surface area contributed by atoms with Crippen molar-refractivity contribution in [2.75, 3.05) is 7.05 Å². The number of nitrogens with zero attached hydrogens (tertiary/aromatic N) is 2. The Morgan fingerprint density at radius 2 is 2.25 bits per heavy atom. The molecule has 0 atom stereocenters. The monoisotopic (exact) mass is 215 g/mol. The van der Waals surface area contributed by atoms with Crippen LogP contribution >= 0.6 is 0 Å². The Morgan fingerprint density at radius 1 is 1.44 bits per heavy atom. The largest absolute Gasteiger partial charge is 0.314 e. The minimum Gasteiger partial charge on any atom is -0.314 e. The van der Waals surface area contributed by atoms with Crippen LogP contribution in [-0.4, -0.2) is 16.4 Å². The molecule has 1 aliphatic carbocycles. The number of imidazole rings is 1. The molecule has 1 fully saturated rings. The Morgan fingerprint density at radius 3 is 2.94 bits per heavy atom. The first-order chi connectivity index (χ1) is 7.81. The first-order valence-corrected chi connectivity index (χ1v) is 5.92. The van der Waals surface area contributed by atoms with Crippen molar-refractivity contribution < 1.29 is 0 Å². The van der Waals surface area contributed by atoms with Crippen molar-refractivity contribution in [1.29, 1.82) is 0 Å². The number of hydrogen-bond donors (Lipinski definition) is 1. The van der Waals surface area contributed by atoms with Crippen molar-refractivity contribution in [3.05, 3.63) is 35.4 Å². The van der Waals surface area contributed by atoms with Crippen LogP contribution in [0.3, 0.4) is 0 Å². The molecule has 3 heteroatoms. The van der Waals surface area contributed by atoms with Crippen molar-refractivity contribution in [3.8, 4) is 0 Å². The van der Waals surface area contributed by atoms with E-state index < -0.39 is 0 Å². The van der Waals surface area contributed by atoms with Gasteiger partial charge in [0.05, 0.1) is 11.2 Å². The Balaban J connectivity index is 2.24. The first-order valence-electron chi connectivity index (χ1n) is 5.92. The summed E-state index contributed by atoms with van der Waals surface area (Å²) in [5.41, 5.74) is 3.72. The van der Waals surface area contributed by atoms with Gasteiger partial charge in [0.25, 0.3) is 0 Å². The van der Waals surface area contributed by atoms with Crippen molar-refractivity contribution in [3.63, 3.8) is 0 Å². The van der Waals surface area contributed by atoms with E-state index in [-0.39, 0.29) is 0 Å². The van der Waals surface area contributed by atoms with E-state index in [1.165, 1.54) is 35.6 Å². The van der Waals surface area contributed by atoms with Gasteiger partial charge in [-0.25, -0.2) is 4.98 Å². The first kappa shape index (κ1) is 9.85. The summed E-state index contributed by atoms with van der Waals surface area (Å²) in [5, 5.41) is 3.19. The molecule has 0 saturated heterocycles. The Hall–Kier alpha value is -1.35. The highest BCUT2D eigenvalue weighted by molar-refractivity contribution is 5.55. The fourth-order valence-corrected chi connectivity index (χ4v) is 2.31. The third-order valence-corrected chi connectivity index (χ3v) is 3.25. The second-order valence-corrected chi connectivity index (χ2v) is 4.61. The third kappa shape index (κ3) is 1.43. The van der Waals surface area contributed by atoms with Crippen LogP contribution < -0.4 is 5.32 Å². The number of hydrogen-bond acceptors (Lipinski definition) is 2. The predicted molar refractivity (Wildman–Crippen MR) is 64.7 cm³/mol. The number of nitrogens with one attached hydrogen (secondary N) is 1. The zero-order valence-electron chi connectivity index (χ0n) is 9.83. The molecule has 2 aromatic heterocycles. The normalized spacial score (nSPS) is 15.9. The molecule has 0 aromatic carbocycles. The van der Waals surface area contributed by atoms with Gasteiger partial charge in [-0.1, -0.05) is 6.07 Å². The second kappa shape index (κ2) is 3.59. The molecule has 0 unspecified atom stereocenters. The lowest BCUT2D eigenvalue weighted by Gasteiger charge is -2.03. The molecule has 0 amide bonds. The van der Waals surface area contributed by atoms with E-state index in [0.29, 0.717) is 5.92 Å². The average Bonchev–Trinajstić information content (AvgIpc) is 3.04. The van der Waals surface area contributed by atoms with E-state index in [1.54, 1.807) is 0 Å². The molecule has 2 heterocycles. The Labute approximate surface area is 95.5 Å². The van der Waals surface area contributed by atoms with Crippen LogP contribution in [0.15, 0.2) is 18.2 Å². The highest BCUT2D eigenvalue weighted by atomic mass is 15.1. The molecule has 1 N–H and O–H groups in total. The van der Waals surface area contributed by atoms with Gasteiger partial charge in [-0.2, -0.15) is 0 Å². The number of aromatic nitrogens is 2. The van der Waals surface area contributed by atoms with E-state index in [1.807, 2.05) is 7.05 Å². The van der Waals surface area contributed by atoms with Crippen molar-refractivity contribution in [2.45, 2.75) is 32.2 Å². The summed E-state index contributed by atoms with van der Waals surface area (Å²) in [7, 11) is 1.97. The van der Waals surface area contributed by atoms with Gasteiger partial charge < -0.3 is 9.72 Å². The van der Waals surface area contributed by atoms with Crippen LogP contribution in [0.25, 0.3) is 5.52 Å². The minimum absolute atomic E-state index is 0.694. The summed E-state index contributed by atoms with van der Waals surface area (Å²) in [5.74, 6) is 1.96. The summed E-state index contributed by atoms with van der Waals surface area (Å²) in [4.78, 5) is 4.80. The zero-order valence-corrected chi connectivity index (χ0v) is 9.83. The van der Waals surface area contributed by atoms with Gasteiger partial charge in [0, 0.05) is 18.2 Å². The summed E-state index contributed by atoms with van der Waals surface area (Å²) >= 11 is 0. The molecule has 1 saturated carbocycles. The quantitative estimate of drug-likeness (QED) is 0.850. The smallest absolute Gasteiger partial charge is 0.116 e. The number of pyridine rings is 1. The van der Waals surface area contributed by atoms with Gasteiger partial charge in [-0.15, -0.1) is 0 Å². The van der Waals surface area contributed by atoms with Gasteiger partial charge in [0.2, 0.25) is 0 Å². The Kier molecular flexibility index (Phi) is 2.21. The van der Waals surface area contributed by atoms with Gasteiger partial charge in [-0.05, 0) is 38.9 Å². The molecule has 84 valence electrons. The topological polar surface area (TPSA) is 29.3 Å². The van der Waals surface area contributed by atoms with E-state index in [2.05, 4.69) is 34.8 Å². The highest BCUT2D eigenvalue weighted by Gasteiger charge is 2.29. The number of aryl methyl sites for hydroxylation is 1. The fraction of sp³-hybridized carbons (Fsp3) is 0.462. The summed E-state index contributed by atoms with van der Waals surface area (Å²) in [6.07, 6.45) is 2.60. The van der Waals surface area contributed by atoms with E-state index >= 15 is 0 Å². The molecule has 16 heavy (non-hydrogen) atoms. The van der Waals surface area contributed by atoms with Crippen LogP contribution in [0.4, 0.5) is 0 Å². The summed E-state index contributed by atoms with van der Waals surface area (Å²) in [6.45, 7) is 3.00. The van der Waals surface area contributed by atoms with Crippen LogP contribution in [0.2, 0.25) is 0 Å². The summed E-state index contributed by atoms with van der Waals surface area (Å²) < 4.78 is 2.32. The van der Waals surface area contributed by atoms with Crippen molar-refractivity contribution in [1.82, 2.24) is 14.7 Å². The van der Waals surface area contributed by atoms with Crippen LogP contribution in [0.1, 0.15) is 36.0 Å². The molecule has 0 bridgehead atoms. The van der Waals surface area contributed by atoms with E-state index in [0.717, 1.165) is 6.54 Å².